The molecular formula is C46H45N6O9PS3. The van der Waals surface area contributed by atoms with Crippen LogP contribution in [0.3, 0.4) is 0 Å². The molecule has 19 heteroatoms. The summed E-state index contributed by atoms with van der Waals surface area (Å²) < 4.78 is 63.0. The summed E-state index contributed by atoms with van der Waals surface area (Å²) >= 11 is 2.48. The van der Waals surface area contributed by atoms with E-state index >= 15 is 0 Å². The molecule has 1 saturated carbocycles. The lowest BCUT2D eigenvalue weighted by atomic mass is 10.1. The molecule has 2 fully saturated rings. The molecule has 3 N–H and O–H groups in total. The number of nitrogens with zero attached hydrogens (tertiary/aromatic N) is 3. The van der Waals surface area contributed by atoms with Gasteiger partial charge in [-0.2, -0.15) is 4.72 Å². The van der Waals surface area contributed by atoms with Gasteiger partial charge in [0.2, 0.25) is 17.7 Å². The molecule has 9 rings (SSSR count). The molecule has 336 valence electrons. The quantitative estimate of drug-likeness (QED) is 0.0798. The Hall–Kier alpha value is -5.91. The molecule has 0 spiro atoms. The van der Waals surface area contributed by atoms with Crippen LogP contribution in [-0.4, -0.2) is 71.3 Å². The highest BCUT2D eigenvalue weighted by Gasteiger charge is 2.62. The molecule has 6 aromatic rings. The fraction of sp³-hybridized carbons (Fsp3) is 0.283. The molecule has 1 aliphatic carbocycles. The maximum absolute atomic E-state index is 14.9. The van der Waals surface area contributed by atoms with Gasteiger partial charge in [-0.3, -0.25) is 14.4 Å². The van der Waals surface area contributed by atoms with Crippen LogP contribution in [0.1, 0.15) is 44.9 Å². The van der Waals surface area contributed by atoms with Gasteiger partial charge in [-0.1, -0.05) is 85.7 Å². The van der Waals surface area contributed by atoms with E-state index in [9.17, 15) is 27.4 Å². The monoisotopic (exact) mass is 952 g/mol. The molecule has 3 aliphatic rings. The van der Waals surface area contributed by atoms with Gasteiger partial charge < -0.3 is 24.0 Å². The number of nitrogens with one attached hydrogen (secondary N) is 3. The summed E-state index contributed by atoms with van der Waals surface area (Å²) in [5, 5.41) is 9.04. The van der Waals surface area contributed by atoms with Crippen molar-refractivity contribution in [3.8, 4) is 28.0 Å². The van der Waals surface area contributed by atoms with E-state index in [1.807, 2.05) is 53.9 Å². The maximum Gasteiger partial charge on any atom is 0.543 e. The predicted octanol–water partition coefficient (Wildman–Crippen LogP) is 7.89. The Kier molecular flexibility index (Phi) is 12.9. The van der Waals surface area contributed by atoms with Crippen molar-refractivity contribution in [2.45, 2.75) is 72.9 Å². The molecule has 15 nitrogen and oxygen atoms in total. The lowest BCUT2D eigenvalue weighted by Gasteiger charge is -2.30. The Morgan fingerprint density at radius 3 is 2.18 bits per heavy atom. The Morgan fingerprint density at radius 1 is 0.831 bits per heavy atom. The normalized spacial score (nSPS) is 23.2. The number of fused-ring (bicyclic) bond motifs is 3. The van der Waals surface area contributed by atoms with E-state index in [2.05, 4.69) is 15.1 Å². The third-order valence-electron chi connectivity index (χ3n) is 11.4. The third-order valence-corrected chi connectivity index (χ3v) is 16.6. The van der Waals surface area contributed by atoms with Crippen molar-refractivity contribution in [1.29, 1.82) is 0 Å². The van der Waals surface area contributed by atoms with E-state index in [-0.39, 0.29) is 47.4 Å². The van der Waals surface area contributed by atoms with Crippen LogP contribution >= 0.6 is 30.4 Å². The number of thiophene rings is 2. The Morgan fingerprint density at radius 2 is 1.51 bits per heavy atom. The van der Waals surface area contributed by atoms with Crippen LogP contribution in [0.25, 0.3) is 21.6 Å². The highest BCUT2D eigenvalue weighted by Crippen LogP contribution is 2.50. The number of rotatable bonds is 12. The van der Waals surface area contributed by atoms with Crippen LogP contribution in [0.4, 0.5) is 0 Å². The molecular weight excluding hydrogens is 908 g/mol. The molecule has 1 saturated heterocycles. The standard InChI is InChI=1S/C46H45N6O9PS3/c53-42-38-28-34(59-43-41(39-24-14-26-63-39)47-35-21-12-13-22-36(35)48-43)30-52(38)44(54)37(51-65(57,58)40-25-15-27-64-40)23-11-3-1-2-6-16-31-29-46(31,49-42)45(55)50-62(56,60-32-17-7-4-8-18-32)61-33-19-9-5-10-20-33/h4-10,12-22,24-27,31,34,37-38,51H,1-3,11,23,28-30H2,(H,49,53)(H,50,55,56)/b16-6-/t31?,34-,37-,38-,46+/m0/s1. The maximum atomic E-state index is 14.9. The number of para-hydroxylation sites is 4. The number of ether oxygens (including phenoxy) is 1. The molecule has 2 aliphatic heterocycles. The minimum absolute atomic E-state index is 0.0364. The fourth-order valence-electron chi connectivity index (χ4n) is 8.13. The first-order valence-electron chi connectivity index (χ1n) is 21.2. The first-order chi connectivity index (χ1) is 31.5. The second kappa shape index (κ2) is 18.9. The molecule has 3 amide bonds. The lowest BCUT2D eigenvalue weighted by Crippen LogP contribution is -2.57. The number of carbonyl (C=O) groups excluding carboxylic acids is 3. The average molecular weight is 953 g/mol. The number of hydrogen-bond donors (Lipinski definition) is 3. The van der Waals surface area contributed by atoms with Gasteiger partial charge in [0.25, 0.3) is 15.9 Å². The molecule has 5 atom stereocenters. The topological polar surface area (TPSA) is 195 Å². The van der Waals surface area contributed by atoms with Crippen molar-refractivity contribution in [3.63, 3.8) is 0 Å². The minimum Gasteiger partial charge on any atom is -0.471 e. The number of aromatic nitrogens is 2. The van der Waals surface area contributed by atoms with Crippen molar-refractivity contribution in [1.82, 2.24) is 30.0 Å². The van der Waals surface area contributed by atoms with Crippen LogP contribution in [-0.2, 0) is 29.0 Å². The number of benzene rings is 3. The summed E-state index contributed by atoms with van der Waals surface area (Å²) in [7, 11) is -8.63. The SMILES string of the molecule is O=C1N[C@]2(C(=O)NP(=O)(Oc3ccccc3)Oc3ccccc3)CC2/C=C\CCCCC[C@H](NS(=O)(=O)c2cccs2)C(=O)N2C[C@@H](Oc3nc4ccccc4nc3-c3cccs3)C[C@@H]12. The molecule has 3 aromatic carbocycles. The van der Waals surface area contributed by atoms with Gasteiger partial charge in [0, 0.05) is 12.3 Å². The predicted molar refractivity (Wildman–Crippen MR) is 247 cm³/mol. The summed E-state index contributed by atoms with van der Waals surface area (Å²) in [6.07, 6.45) is 5.84. The summed E-state index contributed by atoms with van der Waals surface area (Å²) in [5.41, 5.74) is 0.108. The minimum atomic E-state index is -4.51. The van der Waals surface area contributed by atoms with Crippen molar-refractivity contribution >= 4 is 69.2 Å². The van der Waals surface area contributed by atoms with E-state index in [0.717, 1.165) is 22.6 Å². The number of amides is 3. The number of carbonyl (C=O) groups is 3. The second-order valence-electron chi connectivity index (χ2n) is 16.0. The van der Waals surface area contributed by atoms with Crippen molar-refractivity contribution in [2.75, 3.05) is 6.54 Å². The average Bonchev–Trinajstić information content (AvgIpc) is 3.83. The van der Waals surface area contributed by atoms with Gasteiger partial charge in [-0.25, -0.2) is 28.0 Å². The summed E-state index contributed by atoms with van der Waals surface area (Å²) in [6.45, 7) is -0.111. The van der Waals surface area contributed by atoms with Crippen molar-refractivity contribution in [2.24, 2.45) is 5.92 Å². The lowest BCUT2D eigenvalue weighted by molar-refractivity contribution is -0.141. The molecule has 0 radical (unpaired) electrons. The van der Waals surface area contributed by atoms with E-state index in [1.54, 1.807) is 72.1 Å². The Bertz CT molecular complexity index is 2810. The molecule has 1 unspecified atom stereocenters. The smallest absolute Gasteiger partial charge is 0.471 e. The third kappa shape index (κ3) is 10.0. The highest BCUT2D eigenvalue weighted by molar-refractivity contribution is 7.91. The molecule has 0 bridgehead atoms. The Labute approximate surface area is 383 Å². The van der Waals surface area contributed by atoms with Gasteiger partial charge in [0.15, 0.2) is 0 Å². The number of sulfonamides is 1. The zero-order chi connectivity index (χ0) is 45.0. The van der Waals surface area contributed by atoms with Crippen LogP contribution in [0.5, 0.6) is 17.4 Å². The molecule has 3 aromatic heterocycles. The van der Waals surface area contributed by atoms with Crippen LogP contribution in [0.15, 0.2) is 136 Å². The van der Waals surface area contributed by atoms with Crippen LogP contribution in [0.2, 0.25) is 0 Å². The van der Waals surface area contributed by atoms with Gasteiger partial charge in [-0.15, -0.1) is 22.7 Å². The first kappa shape index (κ1) is 44.3. The van der Waals surface area contributed by atoms with Gasteiger partial charge >= 0.3 is 7.75 Å². The van der Waals surface area contributed by atoms with Crippen LogP contribution < -0.4 is 28.9 Å². The Balaban J connectivity index is 1.05. The van der Waals surface area contributed by atoms with E-state index in [1.165, 1.54) is 22.3 Å². The van der Waals surface area contributed by atoms with Crippen LogP contribution in [0, 0.1) is 5.92 Å². The zero-order valence-corrected chi connectivity index (χ0v) is 38.2. The van der Waals surface area contributed by atoms with Crippen molar-refractivity contribution in [3.05, 3.63) is 132 Å². The second-order valence-corrected chi connectivity index (χ2v) is 21.4. The fourth-order valence-corrected chi connectivity index (χ4v) is 12.4. The largest absolute Gasteiger partial charge is 0.543 e. The van der Waals surface area contributed by atoms with Gasteiger partial charge in [0.05, 0.1) is 22.5 Å². The van der Waals surface area contributed by atoms with E-state index < -0.39 is 65.1 Å². The highest BCUT2D eigenvalue weighted by atomic mass is 32.2. The van der Waals surface area contributed by atoms with Gasteiger partial charge in [0.1, 0.15) is 45.1 Å². The summed E-state index contributed by atoms with van der Waals surface area (Å²) in [6, 6.07) is 28.3. The first-order valence-corrected chi connectivity index (χ1v) is 26.0. The zero-order valence-electron chi connectivity index (χ0n) is 34.9. The summed E-state index contributed by atoms with van der Waals surface area (Å²) in [4.78, 5) is 56.3. The van der Waals surface area contributed by atoms with Crippen molar-refractivity contribution < 1.29 is 41.2 Å². The molecule has 5 heterocycles. The molecule has 65 heavy (non-hydrogen) atoms. The summed E-state index contributed by atoms with van der Waals surface area (Å²) in [5.74, 6) is -2.06. The number of hydrogen-bond acceptors (Lipinski definition) is 13. The van der Waals surface area contributed by atoms with E-state index in [4.69, 9.17) is 23.8 Å². The number of allylic oxidation sites excluding steroid dienone is 1. The van der Waals surface area contributed by atoms with Gasteiger partial charge in [-0.05, 0) is 85.0 Å². The van der Waals surface area contributed by atoms with E-state index in [0.29, 0.717) is 36.0 Å².